The van der Waals surface area contributed by atoms with Crippen molar-refractivity contribution >= 4 is 11.6 Å². The van der Waals surface area contributed by atoms with Crippen molar-refractivity contribution in [3.05, 3.63) is 34.6 Å². The van der Waals surface area contributed by atoms with E-state index >= 15 is 0 Å². The first-order chi connectivity index (χ1) is 8.70. The summed E-state index contributed by atoms with van der Waals surface area (Å²) in [6.07, 6.45) is 4.76. The van der Waals surface area contributed by atoms with Crippen LogP contribution in [-0.4, -0.2) is 29.2 Å². The van der Waals surface area contributed by atoms with Crippen LogP contribution in [0, 0.1) is 5.82 Å². The zero-order valence-electron chi connectivity index (χ0n) is 10.4. The van der Waals surface area contributed by atoms with E-state index in [9.17, 15) is 4.39 Å². The van der Waals surface area contributed by atoms with Gasteiger partial charge in [-0.1, -0.05) is 30.5 Å². The van der Waals surface area contributed by atoms with E-state index in [1.54, 1.807) is 12.1 Å². The molecule has 1 aliphatic carbocycles. The van der Waals surface area contributed by atoms with E-state index in [1.807, 2.05) is 0 Å². The van der Waals surface area contributed by atoms with Gasteiger partial charge in [-0.3, -0.25) is 4.90 Å². The molecule has 0 aromatic heterocycles. The van der Waals surface area contributed by atoms with Crippen LogP contribution in [0.5, 0.6) is 0 Å². The Balaban J connectivity index is 2.07. The van der Waals surface area contributed by atoms with Gasteiger partial charge in [0.15, 0.2) is 0 Å². The van der Waals surface area contributed by atoms with Crippen molar-refractivity contribution in [2.24, 2.45) is 0 Å². The second kappa shape index (κ2) is 6.50. The Bertz CT molecular complexity index is 393. The number of hydrogen-bond acceptors (Lipinski definition) is 2. The molecule has 1 fully saturated rings. The van der Waals surface area contributed by atoms with E-state index < -0.39 is 0 Å². The summed E-state index contributed by atoms with van der Waals surface area (Å²) in [6.45, 7) is 1.27. The molecule has 1 aliphatic rings. The molecule has 2 rings (SSSR count). The fourth-order valence-corrected chi connectivity index (χ4v) is 2.82. The molecule has 0 radical (unpaired) electrons. The number of benzene rings is 1. The Morgan fingerprint density at radius 2 is 2.06 bits per heavy atom. The van der Waals surface area contributed by atoms with E-state index in [0.29, 0.717) is 29.7 Å². The van der Waals surface area contributed by atoms with Crippen molar-refractivity contribution in [3.8, 4) is 0 Å². The summed E-state index contributed by atoms with van der Waals surface area (Å²) < 4.78 is 13.8. The number of nitrogens with zero attached hydrogens (tertiary/aromatic N) is 1. The van der Waals surface area contributed by atoms with E-state index in [2.05, 4.69) is 4.90 Å². The summed E-state index contributed by atoms with van der Waals surface area (Å²) in [7, 11) is 0. The SMILES string of the molecule is OCCN(Cc1ccc(Cl)cc1F)C1CCCC1. The van der Waals surface area contributed by atoms with Crippen LogP contribution in [0.3, 0.4) is 0 Å². The van der Waals surface area contributed by atoms with Gasteiger partial charge in [0, 0.05) is 29.7 Å². The summed E-state index contributed by atoms with van der Waals surface area (Å²) in [6, 6.07) is 5.28. The maximum absolute atomic E-state index is 13.8. The molecule has 100 valence electrons. The summed E-state index contributed by atoms with van der Waals surface area (Å²) >= 11 is 5.75. The topological polar surface area (TPSA) is 23.5 Å². The van der Waals surface area contributed by atoms with Crippen molar-refractivity contribution in [2.45, 2.75) is 38.3 Å². The Morgan fingerprint density at radius 1 is 1.33 bits per heavy atom. The van der Waals surface area contributed by atoms with Gasteiger partial charge in [-0.15, -0.1) is 0 Å². The zero-order chi connectivity index (χ0) is 13.0. The molecule has 0 amide bonds. The summed E-state index contributed by atoms with van der Waals surface area (Å²) in [5.41, 5.74) is 0.653. The highest BCUT2D eigenvalue weighted by Crippen LogP contribution is 2.25. The molecule has 0 unspecified atom stereocenters. The van der Waals surface area contributed by atoms with Gasteiger partial charge in [-0.05, 0) is 25.0 Å². The molecule has 0 atom stereocenters. The highest BCUT2D eigenvalue weighted by molar-refractivity contribution is 6.30. The van der Waals surface area contributed by atoms with Crippen molar-refractivity contribution in [2.75, 3.05) is 13.2 Å². The van der Waals surface area contributed by atoms with Crippen LogP contribution in [0.25, 0.3) is 0 Å². The van der Waals surface area contributed by atoms with Gasteiger partial charge in [0.2, 0.25) is 0 Å². The zero-order valence-corrected chi connectivity index (χ0v) is 11.2. The van der Waals surface area contributed by atoms with E-state index in [0.717, 1.165) is 12.8 Å². The van der Waals surface area contributed by atoms with Crippen LogP contribution < -0.4 is 0 Å². The van der Waals surface area contributed by atoms with Crippen LogP contribution in [-0.2, 0) is 6.54 Å². The van der Waals surface area contributed by atoms with Crippen molar-refractivity contribution in [3.63, 3.8) is 0 Å². The summed E-state index contributed by atoms with van der Waals surface area (Å²) in [5, 5.41) is 9.55. The molecule has 4 heteroatoms. The highest BCUT2D eigenvalue weighted by atomic mass is 35.5. The van der Waals surface area contributed by atoms with Crippen molar-refractivity contribution < 1.29 is 9.50 Å². The predicted octanol–water partition coefficient (Wildman–Crippen LogP) is 3.22. The van der Waals surface area contributed by atoms with Gasteiger partial charge in [-0.2, -0.15) is 0 Å². The van der Waals surface area contributed by atoms with Gasteiger partial charge < -0.3 is 5.11 Å². The average Bonchev–Trinajstić information content (AvgIpc) is 2.85. The maximum atomic E-state index is 13.8. The highest BCUT2D eigenvalue weighted by Gasteiger charge is 2.22. The van der Waals surface area contributed by atoms with Gasteiger partial charge in [0.1, 0.15) is 5.82 Å². The summed E-state index contributed by atoms with van der Waals surface area (Å²) in [4.78, 5) is 2.18. The molecule has 1 aromatic carbocycles. The van der Waals surface area contributed by atoms with Crippen molar-refractivity contribution in [1.29, 1.82) is 0 Å². The third-order valence-corrected chi connectivity index (χ3v) is 3.85. The first kappa shape index (κ1) is 13.8. The third kappa shape index (κ3) is 3.44. The largest absolute Gasteiger partial charge is 0.395 e. The lowest BCUT2D eigenvalue weighted by Gasteiger charge is -2.28. The molecule has 0 heterocycles. The smallest absolute Gasteiger partial charge is 0.129 e. The maximum Gasteiger partial charge on any atom is 0.129 e. The van der Waals surface area contributed by atoms with Crippen LogP contribution in [0.1, 0.15) is 31.2 Å². The molecule has 18 heavy (non-hydrogen) atoms. The molecule has 0 saturated heterocycles. The first-order valence-electron chi connectivity index (χ1n) is 6.49. The summed E-state index contributed by atoms with van der Waals surface area (Å²) in [5.74, 6) is -0.261. The standard InChI is InChI=1S/C14H19ClFNO/c15-12-6-5-11(14(16)9-12)10-17(7-8-18)13-3-1-2-4-13/h5-6,9,13,18H,1-4,7-8,10H2. The van der Waals surface area contributed by atoms with Crippen LogP contribution >= 0.6 is 11.6 Å². The van der Waals surface area contributed by atoms with Gasteiger partial charge >= 0.3 is 0 Å². The Labute approximate surface area is 112 Å². The number of aliphatic hydroxyl groups is 1. The predicted molar refractivity (Wildman–Crippen MR) is 71.2 cm³/mol. The first-order valence-corrected chi connectivity index (χ1v) is 6.87. The molecule has 1 N–H and O–H groups in total. The molecular formula is C14H19ClFNO. The number of aliphatic hydroxyl groups excluding tert-OH is 1. The van der Waals surface area contributed by atoms with Crippen LogP contribution in [0.4, 0.5) is 4.39 Å². The Hall–Kier alpha value is -0.640. The minimum Gasteiger partial charge on any atom is -0.395 e. The third-order valence-electron chi connectivity index (χ3n) is 3.62. The lowest BCUT2D eigenvalue weighted by molar-refractivity contribution is 0.143. The minimum atomic E-state index is -0.261. The van der Waals surface area contributed by atoms with Crippen LogP contribution in [0.15, 0.2) is 18.2 Å². The molecule has 1 aromatic rings. The lowest BCUT2D eigenvalue weighted by atomic mass is 10.1. The molecule has 1 saturated carbocycles. The number of rotatable bonds is 5. The normalized spacial score (nSPS) is 16.7. The second-order valence-corrected chi connectivity index (χ2v) is 5.30. The molecule has 0 bridgehead atoms. The van der Waals surface area contributed by atoms with E-state index in [4.69, 9.17) is 16.7 Å². The Morgan fingerprint density at radius 3 is 2.67 bits per heavy atom. The lowest BCUT2D eigenvalue weighted by Crippen LogP contribution is -2.35. The molecular weight excluding hydrogens is 253 g/mol. The monoisotopic (exact) mass is 271 g/mol. The fraction of sp³-hybridized carbons (Fsp3) is 0.571. The molecule has 0 aliphatic heterocycles. The number of halogens is 2. The average molecular weight is 272 g/mol. The molecule has 0 spiro atoms. The van der Waals surface area contributed by atoms with Crippen molar-refractivity contribution in [1.82, 2.24) is 4.90 Å². The Kier molecular flexibility index (Phi) is 4.98. The van der Waals surface area contributed by atoms with Gasteiger partial charge in [0.05, 0.1) is 6.61 Å². The van der Waals surface area contributed by atoms with E-state index in [-0.39, 0.29) is 12.4 Å². The second-order valence-electron chi connectivity index (χ2n) is 4.87. The molecule has 2 nitrogen and oxygen atoms in total. The van der Waals surface area contributed by atoms with Gasteiger partial charge in [0.25, 0.3) is 0 Å². The quantitative estimate of drug-likeness (QED) is 0.889. The fourth-order valence-electron chi connectivity index (χ4n) is 2.66. The number of hydrogen-bond donors (Lipinski definition) is 1. The van der Waals surface area contributed by atoms with E-state index in [1.165, 1.54) is 18.9 Å². The van der Waals surface area contributed by atoms with Gasteiger partial charge in [-0.25, -0.2) is 4.39 Å². The van der Waals surface area contributed by atoms with Crippen LogP contribution in [0.2, 0.25) is 5.02 Å². The minimum absolute atomic E-state index is 0.117.